The fourth-order valence-electron chi connectivity index (χ4n) is 4.77. The van der Waals surface area contributed by atoms with Crippen LogP contribution in [0.15, 0.2) is 29.9 Å². The fourth-order valence-corrected chi connectivity index (χ4v) is 4.77. The average Bonchev–Trinajstić information content (AvgIpc) is 2.97. The van der Waals surface area contributed by atoms with Gasteiger partial charge in [-0.05, 0) is 50.5 Å². The maximum absolute atomic E-state index is 12.9. The Balaban J connectivity index is 1.87. The summed E-state index contributed by atoms with van der Waals surface area (Å²) in [5, 5.41) is 11.0. The topological polar surface area (TPSA) is 76.1 Å². The molecule has 0 saturated carbocycles. The number of allylic oxidation sites excluding steroid dienone is 2. The Morgan fingerprint density at radius 3 is 2.71 bits per heavy atom. The molecule has 148 valence electrons. The largest absolute Gasteiger partial charge is 0.504 e. The van der Waals surface area contributed by atoms with E-state index in [9.17, 15) is 14.7 Å². The van der Waals surface area contributed by atoms with Crippen LogP contribution in [0.3, 0.4) is 0 Å². The van der Waals surface area contributed by atoms with Gasteiger partial charge in [0, 0.05) is 23.9 Å². The van der Waals surface area contributed by atoms with Gasteiger partial charge in [-0.2, -0.15) is 0 Å². The summed E-state index contributed by atoms with van der Waals surface area (Å²) < 4.78 is 10.9. The van der Waals surface area contributed by atoms with E-state index in [4.69, 9.17) is 9.47 Å². The van der Waals surface area contributed by atoms with Crippen molar-refractivity contribution < 1.29 is 24.2 Å². The maximum Gasteiger partial charge on any atom is 0.410 e. The number of ketones is 1. The van der Waals surface area contributed by atoms with E-state index in [1.807, 2.05) is 39.0 Å². The number of carbonyl (C=O) groups excluding carboxylic acids is 2. The highest BCUT2D eigenvalue weighted by atomic mass is 16.6. The van der Waals surface area contributed by atoms with E-state index in [-0.39, 0.29) is 18.0 Å². The molecule has 1 amide bonds. The smallest absolute Gasteiger partial charge is 0.410 e. The Kier molecular flexibility index (Phi) is 4.07. The molecule has 6 nitrogen and oxygen atoms in total. The molecular weight excluding hydrogens is 358 g/mol. The summed E-state index contributed by atoms with van der Waals surface area (Å²) in [6.45, 7) is 5.92. The van der Waals surface area contributed by atoms with Gasteiger partial charge in [-0.3, -0.25) is 4.79 Å². The second-order valence-corrected chi connectivity index (χ2v) is 8.59. The Bertz CT molecular complexity index is 924. The zero-order valence-electron chi connectivity index (χ0n) is 16.6. The molecule has 1 aliphatic heterocycles. The van der Waals surface area contributed by atoms with Crippen molar-refractivity contribution in [1.29, 1.82) is 0 Å². The van der Waals surface area contributed by atoms with Crippen LogP contribution in [0, 0.1) is 0 Å². The van der Waals surface area contributed by atoms with E-state index < -0.39 is 23.2 Å². The molecule has 1 saturated heterocycles. The van der Waals surface area contributed by atoms with Crippen LogP contribution in [0.2, 0.25) is 0 Å². The maximum atomic E-state index is 12.9. The minimum Gasteiger partial charge on any atom is -0.504 e. The summed E-state index contributed by atoms with van der Waals surface area (Å²) in [4.78, 5) is 27.0. The van der Waals surface area contributed by atoms with Crippen molar-refractivity contribution in [3.8, 4) is 11.5 Å². The molecule has 0 bridgehead atoms. The summed E-state index contributed by atoms with van der Waals surface area (Å²) in [6.07, 6.45) is 5.85. The molecule has 3 aliphatic rings. The van der Waals surface area contributed by atoms with Crippen LogP contribution in [0.4, 0.5) is 4.79 Å². The first-order valence-electron chi connectivity index (χ1n) is 9.50. The lowest BCUT2D eigenvalue weighted by Gasteiger charge is -2.44. The molecule has 1 unspecified atom stereocenters. The lowest BCUT2D eigenvalue weighted by Crippen LogP contribution is -2.51. The van der Waals surface area contributed by atoms with Gasteiger partial charge >= 0.3 is 6.09 Å². The average molecular weight is 383 g/mol. The van der Waals surface area contributed by atoms with Crippen molar-refractivity contribution in [2.24, 2.45) is 0 Å². The van der Waals surface area contributed by atoms with Gasteiger partial charge in [0.25, 0.3) is 0 Å². The van der Waals surface area contributed by atoms with Gasteiger partial charge in [0.2, 0.25) is 0 Å². The molecule has 1 fully saturated rings. The number of carbonyl (C=O) groups is 2. The van der Waals surface area contributed by atoms with Gasteiger partial charge in [0.1, 0.15) is 5.60 Å². The molecule has 28 heavy (non-hydrogen) atoms. The second-order valence-electron chi connectivity index (χ2n) is 8.59. The number of fused-ring (bicyclic) bond motifs is 1. The Morgan fingerprint density at radius 1 is 1.29 bits per heavy atom. The minimum atomic E-state index is -0.645. The summed E-state index contributed by atoms with van der Waals surface area (Å²) in [5.74, 6) is 0.427. The number of phenols is 1. The zero-order chi connectivity index (χ0) is 20.3. The Hall–Kier alpha value is -2.76. The number of methoxy groups -OCH3 is 1. The summed E-state index contributed by atoms with van der Waals surface area (Å²) >= 11 is 0. The number of hydrogen-bond acceptors (Lipinski definition) is 5. The lowest BCUT2D eigenvalue weighted by atomic mass is 9.61. The van der Waals surface area contributed by atoms with Gasteiger partial charge < -0.3 is 19.5 Å². The van der Waals surface area contributed by atoms with Gasteiger partial charge in [0.15, 0.2) is 17.3 Å². The quantitative estimate of drug-likeness (QED) is 0.802. The van der Waals surface area contributed by atoms with Gasteiger partial charge in [-0.15, -0.1) is 0 Å². The van der Waals surface area contributed by atoms with E-state index >= 15 is 0 Å². The predicted octanol–water partition coefficient (Wildman–Crippen LogP) is 3.57. The third kappa shape index (κ3) is 2.62. The highest BCUT2D eigenvalue weighted by Gasteiger charge is 2.57. The third-order valence-electron chi connectivity index (χ3n) is 5.83. The van der Waals surface area contributed by atoms with Gasteiger partial charge in [-0.1, -0.05) is 18.2 Å². The van der Waals surface area contributed by atoms with E-state index in [1.165, 1.54) is 7.11 Å². The first-order chi connectivity index (χ1) is 13.2. The molecule has 4 rings (SSSR count). The van der Waals surface area contributed by atoms with Crippen LogP contribution in [-0.4, -0.2) is 47.2 Å². The van der Waals surface area contributed by atoms with Crippen molar-refractivity contribution in [3.05, 3.63) is 41.0 Å². The number of likely N-dealkylation sites (tertiary alicyclic amines) is 1. The van der Waals surface area contributed by atoms with Crippen molar-refractivity contribution in [1.82, 2.24) is 4.90 Å². The normalized spacial score (nSPS) is 25.6. The van der Waals surface area contributed by atoms with E-state index in [0.717, 1.165) is 16.7 Å². The molecule has 2 aliphatic carbocycles. The molecule has 1 aromatic carbocycles. The van der Waals surface area contributed by atoms with Crippen molar-refractivity contribution >= 4 is 18.0 Å². The van der Waals surface area contributed by atoms with Crippen LogP contribution >= 0.6 is 0 Å². The number of ether oxygens (including phenoxy) is 2. The molecule has 0 radical (unpaired) electrons. The van der Waals surface area contributed by atoms with Crippen molar-refractivity contribution in [3.63, 3.8) is 0 Å². The van der Waals surface area contributed by atoms with E-state index in [2.05, 4.69) is 0 Å². The van der Waals surface area contributed by atoms with Gasteiger partial charge in [0.05, 0.1) is 13.2 Å². The predicted molar refractivity (Wildman–Crippen MR) is 104 cm³/mol. The lowest BCUT2D eigenvalue weighted by molar-refractivity contribution is -0.116. The SMILES string of the molecule is COc1ccc2c(c1O)[C@]13CCN(C(=O)OC(C)(C)C)C1CC(=O)C=C3C=C2. The number of rotatable bonds is 1. The molecular formula is C22H25NO5. The first-order valence-corrected chi connectivity index (χ1v) is 9.50. The van der Waals surface area contributed by atoms with Gasteiger partial charge in [-0.25, -0.2) is 4.79 Å². The number of nitrogens with zero attached hydrogens (tertiary/aromatic N) is 1. The molecule has 1 N–H and O–H groups in total. The second kappa shape index (κ2) is 6.12. The Morgan fingerprint density at radius 2 is 2.04 bits per heavy atom. The first kappa shape index (κ1) is 18.6. The third-order valence-corrected chi connectivity index (χ3v) is 5.83. The highest BCUT2D eigenvalue weighted by Crippen LogP contribution is 2.57. The van der Waals surface area contributed by atoms with E-state index in [1.54, 1.807) is 17.0 Å². The summed E-state index contributed by atoms with van der Waals surface area (Å²) in [5.41, 5.74) is 1.16. The van der Waals surface area contributed by atoms with E-state index in [0.29, 0.717) is 18.7 Å². The van der Waals surface area contributed by atoms with Crippen molar-refractivity contribution in [2.45, 2.75) is 50.7 Å². The Labute approximate surface area is 164 Å². The van der Waals surface area contributed by atoms with Crippen molar-refractivity contribution in [2.75, 3.05) is 13.7 Å². The molecule has 1 aromatic rings. The monoisotopic (exact) mass is 383 g/mol. The molecule has 6 heteroatoms. The number of benzene rings is 1. The molecule has 0 aromatic heterocycles. The number of hydrogen-bond donors (Lipinski definition) is 1. The van der Waals surface area contributed by atoms with Crippen LogP contribution < -0.4 is 4.74 Å². The molecule has 1 heterocycles. The van der Waals surface area contributed by atoms with Crippen LogP contribution in [-0.2, 0) is 14.9 Å². The summed E-state index contributed by atoms with van der Waals surface area (Å²) in [7, 11) is 1.51. The highest BCUT2D eigenvalue weighted by molar-refractivity contribution is 5.96. The van der Waals surface area contributed by atoms with Crippen LogP contribution in [0.5, 0.6) is 11.5 Å². The fraction of sp³-hybridized carbons (Fsp3) is 0.455. The minimum absolute atomic E-state index is 0.0263. The zero-order valence-corrected chi connectivity index (χ0v) is 16.6. The molecule has 2 atom stereocenters. The number of amides is 1. The number of aromatic hydroxyl groups is 1. The summed E-state index contributed by atoms with van der Waals surface area (Å²) in [6, 6.07) is 3.23. The standard InChI is InChI=1S/C22H25NO5/c1-21(2,3)28-20(26)23-10-9-22-14(11-15(24)12-17(22)23)7-5-13-6-8-16(27-4)19(25)18(13)22/h5-8,11,17,25H,9-10,12H2,1-4H3/t17?,22-/m0/s1. The number of phenolic OH excluding ortho intramolecular Hbond substituents is 1. The molecule has 1 spiro atoms. The van der Waals surface area contributed by atoms with Crippen LogP contribution in [0.1, 0.15) is 44.7 Å². The van der Waals surface area contributed by atoms with Crippen LogP contribution in [0.25, 0.3) is 6.08 Å².